The largest absolute Gasteiger partial charge is 0.337 e. The van der Waals surface area contributed by atoms with Crippen molar-refractivity contribution < 1.29 is 9.18 Å². The molecule has 2 N–H and O–H groups in total. The molecule has 4 heteroatoms. The maximum absolute atomic E-state index is 13.0. The van der Waals surface area contributed by atoms with Crippen LogP contribution in [0.3, 0.4) is 0 Å². The van der Waals surface area contributed by atoms with Gasteiger partial charge in [-0.3, -0.25) is 4.79 Å². The molecule has 0 fully saturated rings. The van der Waals surface area contributed by atoms with Crippen molar-refractivity contribution in [3.8, 4) is 12.3 Å². The van der Waals surface area contributed by atoms with Gasteiger partial charge < -0.3 is 10.6 Å². The minimum atomic E-state index is -0.691. The van der Waals surface area contributed by atoms with Crippen LogP contribution in [0, 0.1) is 18.2 Å². The Morgan fingerprint density at radius 3 is 2.89 bits per heavy atom. The molecule has 0 radical (unpaired) electrons. The van der Waals surface area contributed by atoms with Crippen LogP contribution >= 0.6 is 0 Å². The molecule has 0 aliphatic rings. The Kier molecular flexibility index (Phi) is 5.34. The maximum atomic E-state index is 13.0. The molecule has 96 valence electrons. The molecule has 1 aromatic rings. The first-order valence-electron chi connectivity index (χ1n) is 5.80. The number of terminal acetylenes is 1. The lowest BCUT2D eigenvalue weighted by Crippen LogP contribution is -2.43. The SMILES string of the molecule is C#CCC(N)C(=O)N(CC)Cc1cccc(F)c1. The molecule has 0 bridgehead atoms. The predicted molar refractivity (Wildman–Crippen MR) is 68.9 cm³/mol. The van der Waals surface area contributed by atoms with Crippen molar-refractivity contribution in [2.45, 2.75) is 25.9 Å². The number of hydrogen-bond acceptors (Lipinski definition) is 2. The molecule has 3 nitrogen and oxygen atoms in total. The number of likely N-dealkylation sites (N-methyl/N-ethyl adjacent to an activating group) is 1. The highest BCUT2D eigenvalue weighted by atomic mass is 19.1. The number of benzene rings is 1. The van der Waals surface area contributed by atoms with Gasteiger partial charge in [-0.2, -0.15) is 0 Å². The van der Waals surface area contributed by atoms with E-state index in [2.05, 4.69) is 5.92 Å². The van der Waals surface area contributed by atoms with Gasteiger partial charge in [0.1, 0.15) is 5.82 Å². The summed E-state index contributed by atoms with van der Waals surface area (Å²) in [6, 6.07) is 5.47. The van der Waals surface area contributed by atoms with Crippen LogP contribution in [0.15, 0.2) is 24.3 Å². The molecule has 1 aromatic carbocycles. The summed E-state index contributed by atoms with van der Waals surface area (Å²) >= 11 is 0. The lowest BCUT2D eigenvalue weighted by atomic mass is 10.1. The Morgan fingerprint density at radius 1 is 1.61 bits per heavy atom. The van der Waals surface area contributed by atoms with Crippen molar-refractivity contribution in [1.29, 1.82) is 0 Å². The standard InChI is InChI=1S/C14H17FN2O/c1-3-6-13(16)14(18)17(4-2)10-11-7-5-8-12(15)9-11/h1,5,7-9,13H,4,6,10,16H2,2H3. The van der Waals surface area contributed by atoms with Gasteiger partial charge in [0.2, 0.25) is 5.91 Å². The van der Waals surface area contributed by atoms with Gasteiger partial charge in [0, 0.05) is 19.5 Å². The first-order chi connectivity index (χ1) is 8.58. The number of carbonyl (C=O) groups excluding carboxylic acids is 1. The second-order valence-corrected chi connectivity index (χ2v) is 4.00. The average molecular weight is 248 g/mol. The van der Waals surface area contributed by atoms with Gasteiger partial charge in [0.25, 0.3) is 0 Å². The van der Waals surface area contributed by atoms with E-state index in [9.17, 15) is 9.18 Å². The lowest BCUT2D eigenvalue weighted by molar-refractivity contribution is -0.132. The Labute approximate surface area is 107 Å². The number of hydrogen-bond donors (Lipinski definition) is 1. The first kappa shape index (κ1) is 14.2. The van der Waals surface area contributed by atoms with E-state index in [1.54, 1.807) is 17.0 Å². The first-order valence-corrected chi connectivity index (χ1v) is 5.80. The summed E-state index contributed by atoms with van der Waals surface area (Å²) in [6.07, 6.45) is 5.34. The molecule has 1 amide bonds. The third-order valence-corrected chi connectivity index (χ3v) is 2.61. The topological polar surface area (TPSA) is 46.3 Å². The summed E-state index contributed by atoms with van der Waals surface area (Å²) in [5, 5.41) is 0. The summed E-state index contributed by atoms with van der Waals surface area (Å²) in [5.74, 6) is 1.84. The fraction of sp³-hybridized carbons (Fsp3) is 0.357. The van der Waals surface area contributed by atoms with Gasteiger partial charge in [-0.1, -0.05) is 12.1 Å². The Morgan fingerprint density at radius 2 is 2.33 bits per heavy atom. The van der Waals surface area contributed by atoms with Crippen molar-refractivity contribution in [3.05, 3.63) is 35.6 Å². The fourth-order valence-electron chi connectivity index (χ4n) is 1.65. The molecule has 0 aliphatic carbocycles. The second kappa shape index (κ2) is 6.77. The third kappa shape index (κ3) is 3.86. The summed E-state index contributed by atoms with van der Waals surface area (Å²) in [5.41, 5.74) is 6.41. The van der Waals surface area contributed by atoms with Crippen molar-refractivity contribution in [2.24, 2.45) is 5.73 Å². The van der Waals surface area contributed by atoms with E-state index >= 15 is 0 Å². The van der Waals surface area contributed by atoms with Gasteiger partial charge in [0.15, 0.2) is 0 Å². The number of nitrogens with zero attached hydrogens (tertiary/aromatic N) is 1. The van der Waals surface area contributed by atoms with Crippen LogP contribution in [-0.2, 0) is 11.3 Å². The molecule has 0 saturated heterocycles. The van der Waals surface area contributed by atoms with E-state index in [4.69, 9.17) is 12.2 Å². The van der Waals surface area contributed by atoms with E-state index in [1.807, 2.05) is 6.92 Å². The Hall–Kier alpha value is -1.86. The molecule has 0 aromatic heterocycles. The van der Waals surface area contributed by atoms with E-state index in [0.29, 0.717) is 13.1 Å². The number of rotatable bonds is 5. The van der Waals surface area contributed by atoms with Crippen LogP contribution in [0.5, 0.6) is 0 Å². The highest BCUT2D eigenvalue weighted by Crippen LogP contribution is 2.08. The molecule has 0 spiro atoms. The second-order valence-electron chi connectivity index (χ2n) is 4.00. The lowest BCUT2D eigenvalue weighted by Gasteiger charge is -2.23. The average Bonchev–Trinajstić information content (AvgIpc) is 2.35. The number of carbonyl (C=O) groups is 1. The number of halogens is 1. The van der Waals surface area contributed by atoms with Crippen molar-refractivity contribution in [2.75, 3.05) is 6.54 Å². The quantitative estimate of drug-likeness (QED) is 0.803. The highest BCUT2D eigenvalue weighted by Gasteiger charge is 2.19. The molecule has 1 unspecified atom stereocenters. The molecule has 18 heavy (non-hydrogen) atoms. The van der Waals surface area contributed by atoms with Gasteiger partial charge in [-0.25, -0.2) is 4.39 Å². The summed E-state index contributed by atoms with van der Waals surface area (Å²) in [7, 11) is 0. The van der Waals surface area contributed by atoms with E-state index in [1.165, 1.54) is 12.1 Å². The zero-order valence-electron chi connectivity index (χ0n) is 10.4. The maximum Gasteiger partial charge on any atom is 0.240 e. The minimum Gasteiger partial charge on any atom is -0.337 e. The van der Waals surface area contributed by atoms with Crippen LogP contribution in [0.2, 0.25) is 0 Å². The van der Waals surface area contributed by atoms with Crippen LogP contribution in [0.25, 0.3) is 0 Å². The molecule has 1 atom stereocenters. The van der Waals surface area contributed by atoms with E-state index in [0.717, 1.165) is 5.56 Å². The molecule has 0 aliphatic heterocycles. The molecular weight excluding hydrogens is 231 g/mol. The molecule has 1 rings (SSSR count). The smallest absolute Gasteiger partial charge is 0.240 e. The third-order valence-electron chi connectivity index (χ3n) is 2.61. The van der Waals surface area contributed by atoms with Crippen LogP contribution in [0.1, 0.15) is 18.9 Å². The summed E-state index contributed by atoms with van der Waals surface area (Å²) in [6.45, 7) is 2.69. The molecule has 0 saturated carbocycles. The van der Waals surface area contributed by atoms with Crippen LogP contribution in [0.4, 0.5) is 4.39 Å². The highest BCUT2D eigenvalue weighted by molar-refractivity contribution is 5.81. The number of amides is 1. The zero-order valence-corrected chi connectivity index (χ0v) is 10.4. The van der Waals surface area contributed by atoms with Gasteiger partial charge >= 0.3 is 0 Å². The van der Waals surface area contributed by atoms with Crippen molar-refractivity contribution >= 4 is 5.91 Å². The molecular formula is C14H17FN2O. The molecule has 0 heterocycles. The van der Waals surface area contributed by atoms with Gasteiger partial charge in [0.05, 0.1) is 6.04 Å². The number of nitrogens with two attached hydrogens (primary N) is 1. The van der Waals surface area contributed by atoms with E-state index < -0.39 is 6.04 Å². The van der Waals surface area contributed by atoms with Crippen LogP contribution in [-0.4, -0.2) is 23.4 Å². The predicted octanol–water partition coefficient (Wildman–Crippen LogP) is 1.52. The minimum absolute atomic E-state index is 0.207. The van der Waals surface area contributed by atoms with Crippen molar-refractivity contribution in [3.63, 3.8) is 0 Å². The van der Waals surface area contributed by atoms with Gasteiger partial charge in [-0.15, -0.1) is 12.3 Å². The zero-order chi connectivity index (χ0) is 13.5. The summed E-state index contributed by atoms with van der Waals surface area (Å²) in [4.78, 5) is 13.5. The monoisotopic (exact) mass is 248 g/mol. The van der Waals surface area contributed by atoms with E-state index in [-0.39, 0.29) is 18.1 Å². The van der Waals surface area contributed by atoms with Crippen LogP contribution < -0.4 is 5.73 Å². The normalized spacial score (nSPS) is 11.7. The van der Waals surface area contributed by atoms with Crippen molar-refractivity contribution in [1.82, 2.24) is 4.90 Å². The summed E-state index contributed by atoms with van der Waals surface area (Å²) < 4.78 is 13.0. The Bertz CT molecular complexity index is 453. The fourth-order valence-corrected chi connectivity index (χ4v) is 1.65. The Balaban J connectivity index is 2.73. The van der Waals surface area contributed by atoms with Gasteiger partial charge in [-0.05, 0) is 24.6 Å².